The molecule has 7 heteroatoms. The Morgan fingerprint density at radius 3 is 3.00 bits per heavy atom. The number of rotatable bonds is 5. The van der Waals surface area contributed by atoms with Crippen LogP contribution in [-0.2, 0) is 4.79 Å². The number of hydrogen-bond acceptors (Lipinski definition) is 5. The Hall–Kier alpha value is -2.12. The molecule has 1 aliphatic heterocycles. The highest BCUT2D eigenvalue weighted by Crippen LogP contribution is 2.21. The van der Waals surface area contributed by atoms with Crippen LogP contribution in [0.5, 0.6) is 0 Å². The molecule has 0 spiro atoms. The van der Waals surface area contributed by atoms with Crippen molar-refractivity contribution >= 4 is 23.2 Å². The first-order chi connectivity index (χ1) is 11.7. The molecule has 1 fully saturated rings. The Morgan fingerprint density at radius 2 is 2.29 bits per heavy atom. The Kier molecular flexibility index (Phi) is 5.32. The van der Waals surface area contributed by atoms with Crippen LogP contribution < -0.4 is 5.32 Å². The van der Waals surface area contributed by atoms with Gasteiger partial charge in [0.2, 0.25) is 5.91 Å². The lowest BCUT2D eigenvalue weighted by Gasteiger charge is -2.34. The molecular weight excluding hydrogens is 328 g/mol. The van der Waals surface area contributed by atoms with Crippen LogP contribution in [0.25, 0.3) is 0 Å². The minimum atomic E-state index is -0.738. The van der Waals surface area contributed by atoms with Gasteiger partial charge in [0.15, 0.2) is 5.76 Å². The summed E-state index contributed by atoms with van der Waals surface area (Å²) >= 11 is 1.50. The number of piperidine rings is 1. The van der Waals surface area contributed by atoms with Crippen molar-refractivity contribution in [2.75, 3.05) is 13.1 Å². The first-order valence-corrected chi connectivity index (χ1v) is 8.93. The fourth-order valence-electron chi connectivity index (χ4n) is 2.89. The fraction of sp³-hybridized carbons (Fsp3) is 0.412. The maximum absolute atomic E-state index is 12.5. The van der Waals surface area contributed by atoms with Crippen LogP contribution in [-0.4, -0.2) is 41.0 Å². The molecule has 3 rings (SSSR count). The van der Waals surface area contributed by atoms with Crippen LogP contribution in [0.1, 0.15) is 41.5 Å². The first kappa shape index (κ1) is 16.7. The molecule has 128 valence electrons. The quantitative estimate of drug-likeness (QED) is 0.868. The van der Waals surface area contributed by atoms with Crippen molar-refractivity contribution in [1.29, 1.82) is 0 Å². The summed E-state index contributed by atoms with van der Waals surface area (Å²) in [5.74, 6) is -0.255. The van der Waals surface area contributed by atoms with Crippen LogP contribution >= 0.6 is 11.3 Å². The van der Waals surface area contributed by atoms with Crippen molar-refractivity contribution in [3.63, 3.8) is 0 Å². The third kappa shape index (κ3) is 3.68. The van der Waals surface area contributed by atoms with Crippen molar-refractivity contribution in [1.82, 2.24) is 10.2 Å². The largest absolute Gasteiger partial charge is 0.459 e. The van der Waals surface area contributed by atoms with Gasteiger partial charge < -0.3 is 19.7 Å². The first-order valence-electron chi connectivity index (χ1n) is 7.99. The molecule has 1 aliphatic rings. The molecule has 0 radical (unpaired) electrons. The van der Waals surface area contributed by atoms with Gasteiger partial charge in [-0.15, -0.1) is 0 Å². The summed E-state index contributed by atoms with van der Waals surface area (Å²) in [6.07, 6.45) is 3.09. The lowest BCUT2D eigenvalue weighted by molar-refractivity contribution is -0.127. The fourth-order valence-corrected chi connectivity index (χ4v) is 3.59. The van der Waals surface area contributed by atoms with E-state index in [2.05, 4.69) is 5.32 Å². The third-order valence-corrected chi connectivity index (χ3v) is 4.90. The van der Waals surface area contributed by atoms with Gasteiger partial charge in [0.05, 0.1) is 12.4 Å². The van der Waals surface area contributed by atoms with Crippen molar-refractivity contribution in [2.45, 2.75) is 31.4 Å². The number of carbonyl (C=O) groups excluding carboxylic acids is 2. The molecule has 24 heavy (non-hydrogen) atoms. The highest BCUT2D eigenvalue weighted by molar-refractivity contribution is 7.07. The number of nitrogens with one attached hydrogen (secondary N) is 1. The average Bonchev–Trinajstić information content (AvgIpc) is 3.32. The Morgan fingerprint density at radius 1 is 1.42 bits per heavy atom. The monoisotopic (exact) mass is 348 g/mol. The number of aliphatic hydroxyl groups excluding tert-OH is 1. The number of aliphatic hydroxyl groups is 1. The van der Waals surface area contributed by atoms with Crippen LogP contribution in [0, 0.1) is 0 Å². The molecular formula is C17H20N2O4S. The number of likely N-dealkylation sites (tertiary alicyclic amines) is 1. The Labute approximate surface area is 144 Å². The van der Waals surface area contributed by atoms with E-state index >= 15 is 0 Å². The topological polar surface area (TPSA) is 82.8 Å². The van der Waals surface area contributed by atoms with Gasteiger partial charge in [0.25, 0.3) is 5.91 Å². The van der Waals surface area contributed by atoms with Crippen LogP contribution in [0.3, 0.4) is 0 Å². The van der Waals surface area contributed by atoms with Gasteiger partial charge in [-0.2, -0.15) is 11.3 Å². The van der Waals surface area contributed by atoms with E-state index in [1.54, 1.807) is 17.0 Å². The molecule has 6 nitrogen and oxygen atoms in total. The standard InChI is InChI=1S/C17H20N2O4S/c20-14(12-6-9-24-11-12)10-18-16(21)13-4-1-2-7-19(13)17(22)15-5-3-8-23-15/h3,5-6,8-9,11,13-14,20H,1-2,4,7,10H2,(H,18,21). The van der Waals surface area contributed by atoms with Gasteiger partial charge in [-0.1, -0.05) is 0 Å². The molecule has 2 aromatic heterocycles. The maximum atomic E-state index is 12.5. The van der Waals surface area contributed by atoms with Crippen molar-refractivity contribution in [3.8, 4) is 0 Å². The lowest BCUT2D eigenvalue weighted by atomic mass is 10.0. The molecule has 0 aromatic carbocycles. The number of hydrogen-bond donors (Lipinski definition) is 2. The molecule has 2 amide bonds. The summed E-state index contributed by atoms with van der Waals surface area (Å²) in [6.45, 7) is 0.666. The second-order valence-corrected chi connectivity index (χ2v) is 6.59. The normalized spacial score (nSPS) is 19.0. The maximum Gasteiger partial charge on any atom is 0.290 e. The number of furan rings is 1. The summed E-state index contributed by atoms with van der Waals surface area (Å²) in [5.41, 5.74) is 0.785. The summed E-state index contributed by atoms with van der Waals surface area (Å²) in [7, 11) is 0. The van der Waals surface area contributed by atoms with Crippen LogP contribution in [0.4, 0.5) is 0 Å². The second kappa shape index (κ2) is 7.63. The highest BCUT2D eigenvalue weighted by Gasteiger charge is 2.33. The lowest BCUT2D eigenvalue weighted by Crippen LogP contribution is -2.52. The molecule has 0 aliphatic carbocycles. The van der Waals surface area contributed by atoms with Gasteiger partial charge >= 0.3 is 0 Å². The second-order valence-electron chi connectivity index (χ2n) is 5.81. The molecule has 3 heterocycles. The van der Waals surface area contributed by atoms with E-state index in [0.29, 0.717) is 13.0 Å². The van der Waals surface area contributed by atoms with Crippen LogP contribution in [0.15, 0.2) is 39.6 Å². The van der Waals surface area contributed by atoms with E-state index in [1.807, 2.05) is 16.8 Å². The summed E-state index contributed by atoms with van der Waals surface area (Å²) in [6, 6.07) is 4.57. The van der Waals surface area contributed by atoms with E-state index < -0.39 is 12.1 Å². The minimum Gasteiger partial charge on any atom is -0.459 e. The van der Waals surface area contributed by atoms with Gasteiger partial charge in [-0.3, -0.25) is 9.59 Å². The van der Waals surface area contributed by atoms with Gasteiger partial charge in [0.1, 0.15) is 6.04 Å². The zero-order valence-electron chi connectivity index (χ0n) is 13.2. The van der Waals surface area contributed by atoms with Crippen LogP contribution in [0.2, 0.25) is 0 Å². The zero-order valence-corrected chi connectivity index (χ0v) is 14.0. The van der Waals surface area contributed by atoms with E-state index in [9.17, 15) is 14.7 Å². The van der Waals surface area contributed by atoms with Crippen molar-refractivity contribution < 1.29 is 19.1 Å². The highest BCUT2D eigenvalue weighted by atomic mass is 32.1. The summed E-state index contributed by atoms with van der Waals surface area (Å²) in [4.78, 5) is 26.6. The molecule has 0 bridgehead atoms. The average molecular weight is 348 g/mol. The van der Waals surface area contributed by atoms with E-state index in [4.69, 9.17) is 4.42 Å². The molecule has 2 unspecified atom stereocenters. The Bertz CT molecular complexity index is 669. The number of nitrogens with zero attached hydrogens (tertiary/aromatic N) is 1. The number of amides is 2. The summed E-state index contributed by atoms with van der Waals surface area (Å²) < 4.78 is 5.16. The third-order valence-electron chi connectivity index (χ3n) is 4.20. The van der Waals surface area contributed by atoms with Crippen molar-refractivity contribution in [2.24, 2.45) is 0 Å². The predicted molar refractivity (Wildman–Crippen MR) is 89.7 cm³/mol. The van der Waals surface area contributed by atoms with Gasteiger partial charge in [-0.05, 0) is 53.8 Å². The van der Waals surface area contributed by atoms with E-state index in [1.165, 1.54) is 17.6 Å². The minimum absolute atomic E-state index is 0.134. The van der Waals surface area contributed by atoms with E-state index in [0.717, 1.165) is 18.4 Å². The summed E-state index contributed by atoms with van der Waals surface area (Å²) in [5, 5.41) is 16.6. The number of carbonyl (C=O) groups is 2. The molecule has 2 aromatic rings. The SMILES string of the molecule is O=C(NCC(O)c1ccsc1)C1CCCCN1C(=O)c1ccco1. The zero-order chi connectivity index (χ0) is 16.9. The molecule has 2 N–H and O–H groups in total. The van der Waals surface area contributed by atoms with Gasteiger partial charge in [-0.25, -0.2) is 0 Å². The van der Waals surface area contributed by atoms with Crippen molar-refractivity contribution in [3.05, 3.63) is 46.5 Å². The van der Waals surface area contributed by atoms with Gasteiger partial charge in [0, 0.05) is 13.1 Å². The molecule has 2 atom stereocenters. The Balaban J connectivity index is 1.62. The smallest absolute Gasteiger partial charge is 0.290 e. The van der Waals surface area contributed by atoms with E-state index in [-0.39, 0.29) is 24.1 Å². The number of thiophene rings is 1. The molecule has 0 saturated carbocycles. The predicted octanol–water partition coefficient (Wildman–Crippen LogP) is 2.19. The molecule has 1 saturated heterocycles.